The van der Waals surface area contributed by atoms with Gasteiger partial charge in [-0.05, 0) is 23.6 Å². The van der Waals surface area contributed by atoms with Crippen LogP contribution in [0.5, 0.6) is 0 Å². The maximum atomic E-state index is 13.1. The summed E-state index contributed by atoms with van der Waals surface area (Å²) in [5, 5.41) is 20.7. The molecule has 0 radical (unpaired) electrons. The van der Waals surface area contributed by atoms with Gasteiger partial charge >= 0.3 is 5.97 Å². The number of hydrogen-bond acceptors (Lipinski definition) is 4. The van der Waals surface area contributed by atoms with E-state index in [0.29, 0.717) is 9.58 Å². The number of carboxylic acids is 1. The lowest BCUT2D eigenvalue weighted by Crippen LogP contribution is -2.41. The van der Waals surface area contributed by atoms with Crippen LogP contribution in [0.15, 0.2) is 24.3 Å². The zero-order valence-electron chi connectivity index (χ0n) is 10.3. The first kappa shape index (κ1) is 14.4. The molecule has 3 N–H and O–H groups in total. The highest BCUT2D eigenvalue weighted by molar-refractivity contribution is 7.20. The molecule has 20 heavy (non-hydrogen) atoms. The van der Waals surface area contributed by atoms with E-state index in [1.807, 2.05) is 0 Å². The van der Waals surface area contributed by atoms with E-state index in [9.17, 15) is 14.0 Å². The molecule has 0 saturated carbocycles. The predicted molar refractivity (Wildman–Crippen MR) is 72.4 cm³/mol. The summed E-state index contributed by atoms with van der Waals surface area (Å²) >= 11 is 1.08. The van der Waals surface area contributed by atoms with E-state index < -0.39 is 23.7 Å². The minimum absolute atomic E-state index is 0.0689. The number of aliphatic hydroxyl groups is 1. The quantitative estimate of drug-likeness (QED) is 0.782. The zero-order valence-corrected chi connectivity index (χ0v) is 11.1. The Morgan fingerprint density at radius 2 is 2.10 bits per heavy atom. The van der Waals surface area contributed by atoms with Crippen molar-refractivity contribution >= 4 is 33.3 Å². The van der Waals surface area contributed by atoms with Crippen LogP contribution in [0.3, 0.4) is 0 Å². The Morgan fingerprint density at radius 3 is 2.75 bits per heavy atom. The summed E-state index contributed by atoms with van der Waals surface area (Å²) in [7, 11) is 0. The SMILES string of the molecule is O=C(N[C@H](CCO)C(=O)O)c1cc2ccc(F)cc2s1. The maximum Gasteiger partial charge on any atom is 0.326 e. The first-order valence-electron chi connectivity index (χ1n) is 5.85. The number of carbonyl (C=O) groups is 2. The number of fused-ring (bicyclic) bond motifs is 1. The highest BCUT2D eigenvalue weighted by Gasteiger charge is 2.21. The molecule has 0 aliphatic carbocycles. The topological polar surface area (TPSA) is 86.6 Å². The standard InChI is InChI=1S/C13H12FNO4S/c14-8-2-1-7-5-11(20-10(7)6-8)12(17)15-9(3-4-16)13(18)19/h1-2,5-6,9,16H,3-4H2,(H,15,17)(H,18,19)/t9-/m1/s1. The Bertz CT molecular complexity index is 655. The summed E-state index contributed by atoms with van der Waals surface area (Å²) in [6.07, 6.45) is -0.0689. The third kappa shape index (κ3) is 3.12. The molecular weight excluding hydrogens is 285 g/mol. The summed E-state index contributed by atoms with van der Waals surface area (Å²) in [5.41, 5.74) is 0. The average molecular weight is 297 g/mol. The van der Waals surface area contributed by atoms with Gasteiger partial charge in [-0.25, -0.2) is 9.18 Å². The Labute approximate surface area is 117 Å². The molecule has 0 spiro atoms. The van der Waals surface area contributed by atoms with Gasteiger partial charge in [0, 0.05) is 17.7 Å². The van der Waals surface area contributed by atoms with Crippen molar-refractivity contribution in [3.8, 4) is 0 Å². The van der Waals surface area contributed by atoms with Crippen LogP contribution in [0.1, 0.15) is 16.1 Å². The fourth-order valence-electron chi connectivity index (χ4n) is 1.73. The summed E-state index contributed by atoms with van der Waals surface area (Å²) in [5.74, 6) is -2.15. The van der Waals surface area contributed by atoms with E-state index in [2.05, 4.69) is 5.32 Å². The smallest absolute Gasteiger partial charge is 0.326 e. The predicted octanol–water partition coefficient (Wildman–Crippen LogP) is 1.61. The molecule has 1 aromatic heterocycles. The molecule has 0 aliphatic heterocycles. The molecule has 0 unspecified atom stereocenters. The van der Waals surface area contributed by atoms with E-state index >= 15 is 0 Å². The van der Waals surface area contributed by atoms with Crippen molar-refractivity contribution < 1.29 is 24.2 Å². The molecule has 1 aromatic carbocycles. The van der Waals surface area contributed by atoms with Gasteiger partial charge < -0.3 is 15.5 Å². The van der Waals surface area contributed by atoms with E-state index in [4.69, 9.17) is 10.2 Å². The Kier molecular flexibility index (Phi) is 4.31. The second-order valence-electron chi connectivity index (χ2n) is 4.17. The van der Waals surface area contributed by atoms with Gasteiger partial charge in [0.1, 0.15) is 11.9 Å². The first-order valence-corrected chi connectivity index (χ1v) is 6.66. The van der Waals surface area contributed by atoms with Crippen LogP contribution >= 0.6 is 11.3 Å². The number of halogens is 1. The molecule has 7 heteroatoms. The fourth-order valence-corrected chi connectivity index (χ4v) is 2.72. The molecule has 2 rings (SSSR count). The molecular formula is C13H12FNO4S. The maximum absolute atomic E-state index is 13.1. The normalized spacial score (nSPS) is 12.3. The number of hydrogen-bond donors (Lipinski definition) is 3. The Balaban J connectivity index is 2.20. The fraction of sp³-hybridized carbons (Fsp3) is 0.231. The van der Waals surface area contributed by atoms with Crippen LogP contribution in [0, 0.1) is 5.82 Å². The largest absolute Gasteiger partial charge is 0.480 e. The highest BCUT2D eigenvalue weighted by atomic mass is 32.1. The lowest BCUT2D eigenvalue weighted by molar-refractivity contribution is -0.139. The minimum Gasteiger partial charge on any atom is -0.480 e. The molecule has 1 amide bonds. The Hall–Kier alpha value is -1.99. The second kappa shape index (κ2) is 5.98. The molecule has 2 aromatic rings. The lowest BCUT2D eigenvalue weighted by Gasteiger charge is -2.11. The van der Waals surface area contributed by atoms with Gasteiger partial charge in [-0.1, -0.05) is 6.07 Å². The van der Waals surface area contributed by atoms with Crippen molar-refractivity contribution in [3.63, 3.8) is 0 Å². The Morgan fingerprint density at radius 1 is 1.35 bits per heavy atom. The number of rotatable bonds is 5. The number of carbonyl (C=O) groups excluding carboxylic acids is 1. The van der Waals surface area contributed by atoms with Gasteiger partial charge in [0.15, 0.2) is 0 Å². The van der Waals surface area contributed by atoms with Crippen molar-refractivity contribution in [2.75, 3.05) is 6.61 Å². The van der Waals surface area contributed by atoms with Crippen molar-refractivity contribution in [1.82, 2.24) is 5.32 Å². The first-order chi connectivity index (χ1) is 9.51. The summed E-state index contributed by atoms with van der Waals surface area (Å²) in [6.45, 7) is -0.338. The third-order valence-corrected chi connectivity index (χ3v) is 3.82. The number of amides is 1. The van der Waals surface area contributed by atoms with Crippen molar-refractivity contribution in [2.24, 2.45) is 0 Å². The second-order valence-corrected chi connectivity index (χ2v) is 5.25. The number of aliphatic hydroxyl groups excluding tert-OH is 1. The molecule has 106 valence electrons. The average Bonchev–Trinajstić information content (AvgIpc) is 2.80. The zero-order chi connectivity index (χ0) is 14.7. The monoisotopic (exact) mass is 297 g/mol. The van der Waals surface area contributed by atoms with Crippen molar-refractivity contribution in [3.05, 3.63) is 35.0 Å². The molecule has 0 saturated heterocycles. The van der Waals surface area contributed by atoms with E-state index in [1.165, 1.54) is 12.1 Å². The lowest BCUT2D eigenvalue weighted by atomic mass is 10.2. The van der Waals surface area contributed by atoms with Gasteiger partial charge in [0.05, 0.1) is 4.88 Å². The van der Waals surface area contributed by atoms with Gasteiger partial charge in [0.25, 0.3) is 5.91 Å². The minimum atomic E-state index is -1.21. The van der Waals surface area contributed by atoms with Gasteiger partial charge in [0.2, 0.25) is 0 Å². The van der Waals surface area contributed by atoms with Crippen LogP contribution < -0.4 is 5.32 Å². The number of thiophene rings is 1. The van der Waals surface area contributed by atoms with Gasteiger partial charge in [-0.3, -0.25) is 4.79 Å². The van der Waals surface area contributed by atoms with Crippen LogP contribution in [0.4, 0.5) is 4.39 Å². The van der Waals surface area contributed by atoms with Gasteiger partial charge in [-0.15, -0.1) is 11.3 Å². The molecule has 1 atom stereocenters. The summed E-state index contributed by atoms with van der Waals surface area (Å²) in [6, 6.07) is 4.60. The van der Waals surface area contributed by atoms with Crippen LogP contribution in [-0.4, -0.2) is 34.7 Å². The van der Waals surface area contributed by atoms with Crippen LogP contribution in [0.25, 0.3) is 10.1 Å². The molecule has 1 heterocycles. The number of carboxylic acid groups (broad SMARTS) is 1. The van der Waals surface area contributed by atoms with Crippen molar-refractivity contribution in [2.45, 2.75) is 12.5 Å². The van der Waals surface area contributed by atoms with E-state index in [0.717, 1.165) is 16.7 Å². The van der Waals surface area contributed by atoms with Crippen LogP contribution in [-0.2, 0) is 4.79 Å². The molecule has 0 fully saturated rings. The van der Waals surface area contributed by atoms with E-state index in [1.54, 1.807) is 12.1 Å². The molecule has 0 bridgehead atoms. The van der Waals surface area contributed by atoms with Gasteiger partial charge in [-0.2, -0.15) is 0 Å². The summed E-state index contributed by atoms with van der Waals surface area (Å²) < 4.78 is 13.7. The number of benzene rings is 1. The summed E-state index contributed by atoms with van der Waals surface area (Å²) in [4.78, 5) is 23.2. The van der Waals surface area contributed by atoms with Crippen LogP contribution in [0.2, 0.25) is 0 Å². The van der Waals surface area contributed by atoms with E-state index in [-0.39, 0.29) is 13.0 Å². The number of nitrogens with one attached hydrogen (secondary N) is 1. The number of aliphatic carboxylic acids is 1. The molecule has 5 nitrogen and oxygen atoms in total. The highest BCUT2D eigenvalue weighted by Crippen LogP contribution is 2.26. The molecule has 0 aliphatic rings. The third-order valence-electron chi connectivity index (χ3n) is 2.73. The van der Waals surface area contributed by atoms with Crippen molar-refractivity contribution in [1.29, 1.82) is 0 Å².